The Morgan fingerprint density at radius 2 is 1.85 bits per heavy atom. The summed E-state index contributed by atoms with van der Waals surface area (Å²) in [6, 6.07) is 13.1. The fourth-order valence-electron chi connectivity index (χ4n) is 4.07. The molecule has 174 valence electrons. The van der Waals surface area contributed by atoms with Gasteiger partial charge in [-0.3, -0.25) is 14.2 Å². The molecule has 1 fully saturated rings. The molecule has 0 aliphatic carbocycles. The van der Waals surface area contributed by atoms with Crippen molar-refractivity contribution in [3.05, 3.63) is 69.9 Å². The molecule has 8 nitrogen and oxygen atoms in total. The summed E-state index contributed by atoms with van der Waals surface area (Å²) in [6.45, 7) is 1.02. The first kappa shape index (κ1) is 22.3. The smallest absolute Gasteiger partial charge is 0.321 e. The Morgan fingerprint density at radius 1 is 1.06 bits per heavy atom. The molecule has 0 atom stereocenters. The fraction of sp³-hybridized carbons (Fsp3) is 0.250. The van der Waals surface area contributed by atoms with Crippen LogP contribution in [-0.2, 0) is 11.3 Å². The lowest BCUT2D eigenvalue weighted by Crippen LogP contribution is -2.48. The van der Waals surface area contributed by atoms with Crippen LogP contribution in [0.2, 0.25) is 0 Å². The van der Waals surface area contributed by atoms with Gasteiger partial charge in [0.1, 0.15) is 11.4 Å². The number of urea groups is 1. The van der Waals surface area contributed by atoms with E-state index in [1.807, 2.05) is 53.2 Å². The Kier molecular flexibility index (Phi) is 6.41. The van der Waals surface area contributed by atoms with Crippen molar-refractivity contribution in [2.24, 2.45) is 0 Å². The van der Waals surface area contributed by atoms with Crippen LogP contribution in [0.1, 0.15) is 12.8 Å². The molecule has 4 aromatic rings. The van der Waals surface area contributed by atoms with E-state index in [0.717, 1.165) is 16.1 Å². The third-order valence-corrected chi connectivity index (χ3v) is 7.62. The summed E-state index contributed by atoms with van der Waals surface area (Å²) in [5.74, 6) is -0.233. The molecular formula is C24H23N5O3S2. The zero-order chi connectivity index (χ0) is 23.5. The van der Waals surface area contributed by atoms with E-state index in [1.165, 1.54) is 22.2 Å². The summed E-state index contributed by atoms with van der Waals surface area (Å²) in [5.41, 5.74) is 1.41. The number of para-hydroxylation sites is 1. The predicted molar refractivity (Wildman–Crippen MR) is 135 cm³/mol. The first-order chi connectivity index (χ1) is 16.6. The minimum Gasteiger partial charge on any atom is -0.352 e. The predicted octanol–water partition coefficient (Wildman–Crippen LogP) is 4.00. The molecule has 0 spiro atoms. The third-order valence-electron chi connectivity index (χ3n) is 5.83. The Morgan fingerprint density at radius 3 is 2.59 bits per heavy atom. The molecule has 0 saturated carbocycles. The second-order valence-electron chi connectivity index (χ2n) is 8.11. The van der Waals surface area contributed by atoms with Crippen LogP contribution in [0, 0.1) is 0 Å². The fourth-order valence-corrected chi connectivity index (χ4v) is 5.79. The Balaban J connectivity index is 1.18. The SMILES string of the molecule is O=C(Cn1cnc2scc(-c3cccs3)c2c1=O)NC1CCN(C(=O)Nc2ccccc2)CC1. The number of aromatic nitrogens is 2. The molecule has 4 heterocycles. The van der Waals surface area contributed by atoms with E-state index >= 15 is 0 Å². The number of rotatable bonds is 5. The lowest BCUT2D eigenvalue weighted by Gasteiger charge is -2.32. The van der Waals surface area contributed by atoms with Crippen molar-refractivity contribution in [1.82, 2.24) is 19.8 Å². The maximum Gasteiger partial charge on any atom is 0.321 e. The highest BCUT2D eigenvalue weighted by molar-refractivity contribution is 7.18. The largest absolute Gasteiger partial charge is 0.352 e. The number of likely N-dealkylation sites (tertiary alicyclic amines) is 1. The number of hydrogen-bond acceptors (Lipinski definition) is 6. The number of carbonyl (C=O) groups excluding carboxylic acids is 2. The van der Waals surface area contributed by atoms with E-state index in [2.05, 4.69) is 15.6 Å². The standard InChI is InChI=1S/C24H23N5O3S2/c30-20(26-17-8-10-28(11-9-17)24(32)27-16-5-2-1-3-6-16)13-29-15-25-22-21(23(29)31)18(14-34-22)19-7-4-12-33-19/h1-7,12,14-15,17H,8-11,13H2,(H,26,30)(H,27,32). The molecule has 0 radical (unpaired) electrons. The molecule has 1 aliphatic rings. The number of piperidine rings is 1. The van der Waals surface area contributed by atoms with Gasteiger partial charge < -0.3 is 15.5 Å². The monoisotopic (exact) mass is 493 g/mol. The van der Waals surface area contributed by atoms with Gasteiger partial charge in [0.15, 0.2) is 0 Å². The van der Waals surface area contributed by atoms with Crippen LogP contribution in [0.3, 0.4) is 0 Å². The number of carbonyl (C=O) groups is 2. The van der Waals surface area contributed by atoms with Crippen LogP contribution in [0.15, 0.2) is 64.3 Å². The van der Waals surface area contributed by atoms with Gasteiger partial charge >= 0.3 is 6.03 Å². The number of benzene rings is 1. The van der Waals surface area contributed by atoms with Crippen LogP contribution >= 0.6 is 22.7 Å². The van der Waals surface area contributed by atoms with Gasteiger partial charge in [-0.25, -0.2) is 9.78 Å². The van der Waals surface area contributed by atoms with E-state index in [-0.39, 0.29) is 30.1 Å². The van der Waals surface area contributed by atoms with Crippen LogP contribution in [0.5, 0.6) is 0 Å². The summed E-state index contributed by atoms with van der Waals surface area (Å²) in [6.07, 6.45) is 2.76. The van der Waals surface area contributed by atoms with Gasteiger partial charge in [0, 0.05) is 40.6 Å². The Hall–Kier alpha value is -3.50. The van der Waals surface area contributed by atoms with E-state index in [1.54, 1.807) is 16.2 Å². The molecule has 34 heavy (non-hydrogen) atoms. The van der Waals surface area contributed by atoms with Gasteiger partial charge in [0.05, 0.1) is 11.7 Å². The summed E-state index contributed by atoms with van der Waals surface area (Å²) in [4.78, 5) is 46.1. The number of anilines is 1. The van der Waals surface area contributed by atoms with E-state index in [0.29, 0.717) is 36.1 Å². The van der Waals surface area contributed by atoms with Crippen molar-refractivity contribution in [1.29, 1.82) is 0 Å². The summed E-state index contributed by atoms with van der Waals surface area (Å²) < 4.78 is 1.37. The van der Waals surface area contributed by atoms with Gasteiger partial charge in [0.25, 0.3) is 5.56 Å². The second kappa shape index (κ2) is 9.78. The number of thiophene rings is 2. The van der Waals surface area contributed by atoms with Crippen molar-refractivity contribution < 1.29 is 9.59 Å². The average molecular weight is 494 g/mol. The minimum absolute atomic E-state index is 0.0384. The highest BCUT2D eigenvalue weighted by atomic mass is 32.1. The lowest BCUT2D eigenvalue weighted by atomic mass is 10.1. The van der Waals surface area contributed by atoms with Crippen LogP contribution in [0.25, 0.3) is 20.7 Å². The molecule has 0 bridgehead atoms. The molecular weight excluding hydrogens is 470 g/mol. The lowest BCUT2D eigenvalue weighted by molar-refractivity contribution is -0.122. The van der Waals surface area contributed by atoms with Crippen molar-refractivity contribution in [2.45, 2.75) is 25.4 Å². The zero-order valence-corrected chi connectivity index (χ0v) is 19.9. The second-order valence-corrected chi connectivity index (χ2v) is 9.92. The molecule has 1 aromatic carbocycles. The van der Waals surface area contributed by atoms with Crippen molar-refractivity contribution in [3.8, 4) is 10.4 Å². The van der Waals surface area contributed by atoms with Gasteiger partial charge in [-0.15, -0.1) is 22.7 Å². The molecule has 3 aromatic heterocycles. The van der Waals surface area contributed by atoms with Crippen molar-refractivity contribution >= 4 is 50.5 Å². The first-order valence-corrected chi connectivity index (χ1v) is 12.8. The number of nitrogens with zero attached hydrogens (tertiary/aromatic N) is 3. The van der Waals surface area contributed by atoms with Crippen LogP contribution < -0.4 is 16.2 Å². The summed E-state index contributed by atoms with van der Waals surface area (Å²) in [7, 11) is 0. The molecule has 3 amide bonds. The average Bonchev–Trinajstić information content (AvgIpc) is 3.52. The zero-order valence-electron chi connectivity index (χ0n) is 18.3. The van der Waals surface area contributed by atoms with Gasteiger partial charge in [-0.05, 0) is 36.4 Å². The van der Waals surface area contributed by atoms with Crippen molar-refractivity contribution in [2.75, 3.05) is 18.4 Å². The third kappa shape index (κ3) is 4.73. The molecule has 5 rings (SSSR count). The van der Waals surface area contributed by atoms with Crippen molar-refractivity contribution in [3.63, 3.8) is 0 Å². The number of hydrogen-bond donors (Lipinski definition) is 2. The summed E-state index contributed by atoms with van der Waals surface area (Å²) >= 11 is 3.00. The Labute approximate surface area is 203 Å². The molecule has 1 saturated heterocycles. The highest BCUT2D eigenvalue weighted by Gasteiger charge is 2.24. The van der Waals surface area contributed by atoms with E-state index < -0.39 is 0 Å². The molecule has 10 heteroatoms. The van der Waals surface area contributed by atoms with Crippen LogP contribution in [-0.4, -0.2) is 45.5 Å². The molecule has 2 N–H and O–H groups in total. The molecule has 0 unspecified atom stereocenters. The topological polar surface area (TPSA) is 96.3 Å². The maximum absolute atomic E-state index is 13.1. The highest BCUT2D eigenvalue weighted by Crippen LogP contribution is 2.33. The van der Waals surface area contributed by atoms with Gasteiger partial charge in [-0.2, -0.15) is 0 Å². The number of amides is 3. The minimum atomic E-state index is -0.233. The van der Waals surface area contributed by atoms with Gasteiger partial charge in [-0.1, -0.05) is 24.3 Å². The normalized spacial score (nSPS) is 14.3. The summed E-state index contributed by atoms with van der Waals surface area (Å²) in [5, 5.41) is 10.4. The van der Waals surface area contributed by atoms with Gasteiger partial charge in [0.2, 0.25) is 5.91 Å². The Bertz CT molecular complexity index is 1360. The van der Waals surface area contributed by atoms with E-state index in [4.69, 9.17) is 0 Å². The van der Waals surface area contributed by atoms with Crippen LogP contribution in [0.4, 0.5) is 10.5 Å². The molecule has 1 aliphatic heterocycles. The number of fused-ring (bicyclic) bond motifs is 1. The first-order valence-electron chi connectivity index (χ1n) is 11.0. The number of nitrogens with one attached hydrogen (secondary N) is 2. The quantitative estimate of drug-likeness (QED) is 0.439. The van der Waals surface area contributed by atoms with E-state index in [9.17, 15) is 14.4 Å². The maximum atomic E-state index is 13.1.